The van der Waals surface area contributed by atoms with E-state index in [1.807, 2.05) is 0 Å². The van der Waals surface area contributed by atoms with Crippen molar-refractivity contribution in [2.75, 3.05) is 12.3 Å². The van der Waals surface area contributed by atoms with Crippen molar-refractivity contribution in [2.24, 2.45) is 0 Å². The van der Waals surface area contributed by atoms with Gasteiger partial charge in [0, 0.05) is 23.4 Å². The van der Waals surface area contributed by atoms with Gasteiger partial charge in [0.15, 0.2) is 9.84 Å². The first-order chi connectivity index (χ1) is 12.7. The van der Waals surface area contributed by atoms with Crippen LogP contribution in [0.4, 0.5) is 4.79 Å². The Morgan fingerprint density at radius 1 is 1.33 bits per heavy atom. The number of amides is 3. The third-order valence-corrected chi connectivity index (χ3v) is 6.55. The molecule has 1 unspecified atom stereocenters. The van der Waals surface area contributed by atoms with E-state index in [-0.39, 0.29) is 23.6 Å². The molecule has 0 aromatic heterocycles. The summed E-state index contributed by atoms with van der Waals surface area (Å²) in [6, 6.07) is 6.35. The second kappa shape index (κ2) is 7.87. The quantitative estimate of drug-likeness (QED) is 0.724. The minimum absolute atomic E-state index is 0.0838. The number of nitrogens with zero attached hydrogens (tertiary/aromatic N) is 1. The summed E-state index contributed by atoms with van der Waals surface area (Å²) >= 11 is 6.85. The molecule has 3 amide bonds. The average Bonchev–Trinajstić information content (AvgIpc) is 3.07. The molecule has 1 N–H and O–H groups in total. The number of hydrogen-bond acceptors (Lipinski definition) is 6. The number of nitrogens with one attached hydrogen (secondary N) is 1. The molecule has 2 heterocycles. The number of carbonyl (C=O) groups excluding carboxylic acids is 3. The van der Waals surface area contributed by atoms with E-state index in [1.165, 1.54) is 6.08 Å². The van der Waals surface area contributed by atoms with E-state index in [0.717, 1.165) is 22.1 Å². The van der Waals surface area contributed by atoms with Crippen molar-refractivity contribution in [3.63, 3.8) is 0 Å². The first kappa shape index (κ1) is 19.7. The van der Waals surface area contributed by atoms with Gasteiger partial charge >= 0.3 is 0 Å². The molecule has 2 aliphatic heterocycles. The van der Waals surface area contributed by atoms with Gasteiger partial charge in [-0.3, -0.25) is 19.3 Å². The highest BCUT2D eigenvalue weighted by Crippen LogP contribution is 2.33. The molecule has 3 rings (SSSR count). The van der Waals surface area contributed by atoms with Crippen LogP contribution < -0.4 is 5.32 Å². The summed E-state index contributed by atoms with van der Waals surface area (Å²) in [5.41, 5.74) is 0.622. The molecule has 2 aliphatic rings. The number of hydrogen-bond donors (Lipinski definition) is 1. The van der Waals surface area contributed by atoms with Crippen LogP contribution in [-0.4, -0.2) is 48.7 Å². The summed E-state index contributed by atoms with van der Waals surface area (Å²) < 4.78 is 22.7. The van der Waals surface area contributed by atoms with Crippen LogP contribution in [0.3, 0.4) is 0 Å². The number of rotatable bonds is 5. The number of carbonyl (C=O) groups is 3. The minimum Gasteiger partial charge on any atom is -0.349 e. The Bertz CT molecular complexity index is 971. The zero-order valence-corrected chi connectivity index (χ0v) is 16.3. The van der Waals surface area contributed by atoms with E-state index in [1.54, 1.807) is 30.3 Å². The molecule has 142 valence electrons. The summed E-state index contributed by atoms with van der Waals surface area (Å²) in [7, 11) is -3.27. The molecule has 1 saturated heterocycles. The Morgan fingerprint density at radius 3 is 2.74 bits per heavy atom. The van der Waals surface area contributed by atoms with Gasteiger partial charge in [0.2, 0.25) is 5.91 Å². The molecule has 0 saturated carbocycles. The van der Waals surface area contributed by atoms with Crippen LogP contribution in [0.15, 0.2) is 40.7 Å². The van der Waals surface area contributed by atoms with Gasteiger partial charge in [-0.1, -0.05) is 29.8 Å². The minimum atomic E-state index is -3.27. The van der Waals surface area contributed by atoms with Crippen LogP contribution >= 0.6 is 23.4 Å². The van der Waals surface area contributed by atoms with Gasteiger partial charge in [0.05, 0.1) is 16.7 Å². The Balaban J connectivity index is 1.59. The van der Waals surface area contributed by atoms with Crippen molar-refractivity contribution in [2.45, 2.75) is 12.5 Å². The van der Waals surface area contributed by atoms with E-state index in [0.29, 0.717) is 10.6 Å². The van der Waals surface area contributed by atoms with Crippen molar-refractivity contribution >= 4 is 56.3 Å². The third kappa shape index (κ3) is 4.79. The lowest BCUT2D eigenvalue weighted by atomic mass is 10.2. The predicted octanol–water partition coefficient (Wildman–Crippen LogP) is 2.19. The summed E-state index contributed by atoms with van der Waals surface area (Å²) in [5.74, 6) is -1.10. The smallest absolute Gasteiger partial charge is 0.293 e. The topological polar surface area (TPSA) is 101 Å². The number of halogens is 1. The Labute approximate surface area is 165 Å². The SMILES string of the molecule is O=C(CCN1C(=O)SC(=Cc2ccccc2Cl)C1=O)NC1C=CS(=O)(=O)C1. The molecule has 0 radical (unpaired) electrons. The normalized spacial score (nSPS) is 22.6. The maximum Gasteiger partial charge on any atom is 0.293 e. The van der Waals surface area contributed by atoms with Crippen molar-refractivity contribution in [1.29, 1.82) is 0 Å². The van der Waals surface area contributed by atoms with Crippen molar-refractivity contribution < 1.29 is 22.8 Å². The van der Waals surface area contributed by atoms with Crippen LogP contribution in [0.5, 0.6) is 0 Å². The van der Waals surface area contributed by atoms with Crippen LogP contribution in [0.1, 0.15) is 12.0 Å². The fourth-order valence-corrected chi connectivity index (χ4v) is 4.87. The van der Waals surface area contributed by atoms with E-state index in [4.69, 9.17) is 11.6 Å². The largest absolute Gasteiger partial charge is 0.349 e. The Hall–Kier alpha value is -2.10. The lowest BCUT2D eigenvalue weighted by molar-refractivity contribution is -0.124. The molecule has 1 aromatic rings. The third-order valence-electron chi connectivity index (χ3n) is 3.90. The highest BCUT2D eigenvalue weighted by Gasteiger charge is 2.35. The zero-order chi connectivity index (χ0) is 19.6. The van der Waals surface area contributed by atoms with E-state index in [2.05, 4.69) is 5.32 Å². The molecular formula is C17H15ClN2O5S2. The fraction of sp³-hybridized carbons (Fsp3) is 0.235. The van der Waals surface area contributed by atoms with Crippen LogP contribution in [0.2, 0.25) is 5.02 Å². The number of imide groups is 1. The summed E-state index contributed by atoms with van der Waals surface area (Å²) in [6.45, 7) is -0.0838. The maximum atomic E-state index is 12.4. The first-order valence-electron chi connectivity index (χ1n) is 7.95. The lowest BCUT2D eigenvalue weighted by Gasteiger charge is -2.14. The second-order valence-electron chi connectivity index (χ2n) is 5.94. The molecule has 10 heteroatoms. The van der Waals surface area contributed by atoms with Gasteiger partial charge < -0.3 is 5.32 Å². The molecule has 0 aliphatic carbocycles. The Morgan fingerprint density at radius 2 is 2.07 bits per heavy atom. The molecule has 7 nitrogen and oxygen atoms in total. The molecule has 1 atom stereocenters. The van der Waals surface area contributed by atoms with Gasteiger partial charge in [-0.2, -0.15) is 0 Å². The average molecular weight is 427 g/mol. The van der Waals surface area contributed by atoms with Crippen molar-refractivity contribution in [3.05, 3.63) is 51.2 Å². The molecule has 0 bridgehead atoms. The second-order valence-corrected chi connectivity index (χ2v) is 9.27. The van der Waals surface area contributed by atoms with Crippen LogP contribution in [0.25, 0.3) is 6.08 Å². The summed E-state index contributed by atoms with van der Waals surface area (Å²) in [4.78, 5) is 37.7. The van der Waals surface area contributed by atoms with Gasteiger partial charge in [-0.25, -0.2) is 8.42 Å². The number of benzene rings is 1. The summed E-state index contributed by atoms with van der Waals surface area (Å²) in [6.07, 6.45) is 2.84. The highest BCUT2D eigenvalue weighted by atomic mass is 35.5. The molecule has 27 heavy (non-hydrogen) atoms. The Kier molecular flexibility index (Phi) is 5.73. The summed E-state index contributed by atoms with van der Waals surface area (Å²) in [5, 5.41) is 3.61. The van der Waals surface area contributed by atoms with Gasteiger partial charge in [0.25, 0.3) is 11.1 Å². The molecule has 1 aromatic carbocycles. The number of sulfone groups is 1. The van der Waals surface area contributed by atoms with E-state index in [9.17, 15) is 22.8 Å². The van der Waals surface area contributed by atoms with Crippen LogP contribution in [-0.2, 0) is 19.4 Å². The van der Waals surface area contributed by atoms with Crippen molar-refractivity contribution in [3.8, 4) is 0 Å². The van der Waals surface area contributed by atoms with Crippen LogP contribution in [0, 0.1) is 0 Å². The molecular weight excluding hydrogens is 412 g/mol. The standard InChI is InChI=1S/C17H15ClN2O5S2/c18-13-4-2-1-3-11(13)9-14-16(22)20(17(23)26-14)7-5-15(21)19-12-6-8-27(24,25)10-12/h1-4,6,8-9,12H,5,7,10H2,(H,19,21). The lowest BCUT2D eigenvalue weighted by Crippen LogP contribution is -2.38. The first-order valence-corrected chi connectivity index (χ1v) is 10.9. The van der Waals surface area contributed by atoms with E-state index >= 15 is 0 Å². The fourth-order valence-electron chi connectivity index (χ4n) is 2.58. The monoisotopic (exact) mass is 426 g/mol. The molecule has 0 spiro atoms. The zero-order valence-electron chi connectivity index (χ0n) is 13.9. The van der Waals surface area contributed by atoms with Crippen molar-refractivity contribution in [1.82, 2.24) is 10.2 Å². The number of thioether (sulfide) groups is 1. The van der Waals surface area contributed by atoms with Gasteiger partial charge in [-0.05, 0) is 35.5 Å². The highest BCUT2D eigenvalue weighted by molar-refractivity contribution is 8.18. The molecule has 1 fully saturated rings. The maximum absolute atomic E-state index is 12.4. The van der Waals surface area contributed by atoms with E-state index < -0.39 is 32.9 Å². The van der Waals surface area contributed by atoms with Gasteiger partial charge in [0.1, 0.15) is 0 Å². The predicted molar refractivity (Wildman–Crippen MR) is 104 cm³/mol. The van der Waals surface area contributed by atoms with Gasteiger partial charge in [-0.15, -0.1) is 0 Å².